The lowest BCUT2D eigenvalue weighted by Gasteiger charge is -2.12. The van der Waals surface area contributed by atoms with Crippen LogP contribution in [-0.2, 0) is 13.2 Å². The fourth-order valence-electron chi connectivity index (χ4n) is 2.05. The highest BCUT2D eigenvalue weighted by Crippen LogP contribution is 2.21. The van der Waals surface area contributed by atoms with E-state index in [1.54, 1.807) is 12.1 Å². The number of nitro benzene ring substituents is 1. The first-order valence-corrected chi connectivity index (χ1v) is 6.70. The summed E-state index contributed by atoms with van der Waals surface area (Å²) in [7, 11) is 1.89. The Balaban J connectivity index is 2.07. The molecule has 0 aliphatic heterocycles. The molecule has 0 saturated carbocycles. The Hall–Kier alpha value is -2.40. The zero-order chi connectivity index (χ0) is 15.2. The second-order valence-electron chi connectivity index (χ2n) is 4.85. The number of nitrogens with one attached hydrogen (secondary N) is 1. The van der Waals surface area contributed by atoms with Crippen molar-refractivity contribution in [2.75, 3.05) is 7.05 Å². The molecule has 2 aromatic carbocycles. The van der Waals surface area contributed by atoms with Crippen molar-refractivity contribution in [2.24, 2.45) is 0 Å². The molecule has 0 radical (unpaired) electrons. The van der Waals surface area contributed by atoms with Gasteiger partial charge in [0, 0.05) is 24.2 Å². The summed E-state index contributed by atoms with van der Waals surface area (Å²) in [6.07, 6.45) is 0. The number of aryl methyl sites for hydroxylation is 1. The molecule has 0 aliphatic rings. The number of nitrogens with zero attached hydrogens (tertiary/aromatic N) is 1. The fourth-order valence-corrected chi connectivity index (χ4v) is 2.05. The third-order valence-corrected chi connectivity index (χ3v) is 3.12. The van der Waals surface area contributed by atoms with Crippen molar-refractivity contribution in [1.29, 1.82) is 0 Å². The van der Waals surface area contributed by atoms with Gasteiger partial charge in [0.1, 0.15) is 12.4 Å². The summed E-state index contributed by atoms with van der Waals surface area (Å²) in [5, 5.41) is 13.7. The molecule has 5 nitrogen and oxygen atoms in total. The van der Waals surface area contributed by atoms with Gasteiger partial charge in [-0.15, -0.1) is 0 Å². The standard InChI is InChI=1S/C16H18N2O3/c1-12-3-8-16(14(9-12)10-17-2)21-11-13-4-6-15(7-5-13)18(19)20/h3-9,17H,10-11H2,1-2H3. The van der Waals surface area contributed by atoms with Crippen LogP contribution in [-0.4, -0.2) is 12.0 Å². The van der Waals surface area contributed by atoms with Crippen LogP contribution in [0.3, 0.4) is 0 Å². The van der Waals surface area contributed by atoms with E-state index >= 15 is 0 Å². The summed E-state index contributed by atoms with van der Waals surface area (Å²) < 4.78 is 5.82. The third-order valence-electron chi connectivity index (χ3n) is 3.12. The molecule has 0 spiro atoms. The molecule has 0 aromatic heterocycles. The number of hydrogen-bond donors (Lipinski definition) is 1. The smallest absolute Gasteiger partial charge is 0.269 e. The maximum atomic E-state index is 10.6. The van der Waals surface area contributed by atoms with Crippen LogP contribution in [0.4, 0.5) is 5.69 Å². The Bertz CT molecular complexity index is 624. The van der Waals surface area contributed by atoms with Gasteiger partial charge in [0.15, 0.2) is 0 Å². The molecule has 0 aliphatic carbocycles. The van der Waals surface area contributed by atoms with E-state index in [0.717, 1.165) is 23.4 Å². The first-order chi connectivity index (χ1) is 10.1. The molecule has 2 aromatic rings. The van der Waals surface area contributed by atoms with E-state index in [-0.39, 0.29) is 5.69 Å². The number of ether oxygens (including phenoxy) is 1. The van der Waals surface area contributed by atoms with Gasteiger partial charge in [0.2, 0.25) is 0 Å². The fraction of sp³-hybridized carbons (Fsp3) is 0.250. The maximum Gasteiger partial charge on any atom is 0.269 e. The minimum atomic E-state index is -0.407. The van der Waals surface area contributed by atoms with Gasteiger partial charge in [-0.1, -0.05) is 17.7 Å². The number of rotatable bonds is 6. The molecular formula is C16H18N2O3. The van der Waals surface area contributed by atoms with Crippen molar-refractivity contribution < 1.29 is 9.66 Å². The van der Waals surface area contributed by atoms with Crippen molar-refractivity contribution in [2.45, 2.75) is 20.1 Å². The third kappa shape index (κ3) is 4.03. The van der Waals surface area contributed by atoms with E-state index in [9.17, 15) is 10.1 Å². The van der Waals surface area contributed by atoms with Crippen molar-refractivity contribution in [3.8, 4) is 5.75 Å². The topological polar surface area (TPSA) is 64.4 Å². The zero-order valence-corrected chi connectivity index (χ0v) is 12.1. The van der Waals surface area contributed by atoms with Gasteiger partial charge in [0.25, 0.3) is 5.69 Å². The van der Waals surface area contributed by atoms with Gasteiger partial charge in [0.05, 0.1) is 4.92 Å². The van der Waals surface area contributed by atoms with Crippen LogP contribution in [0.25, 0.3) is 0 Å². The molecule has 0 unspecified atom stereocenters. The lowest BCUT2D eigenvalue weighted by molar-refractivity contribution is -0.384. The molecule has 0 amide bonds. The van der Waals surface area contributed by atoms with Crippen LogP contribution in [0.5, 0.6) is 5.75 Å². The van der Waals surface area contributed by atoms with Crippen molar-refractivity contribution in [1.82, 2.24) is 5.32 Å². The van der Waals surface area contributed by atoms with Gasteiger partial charge in [-0.05, 0) is 37.7 Å². The highest BCUT2D eigenvalue weighted by Gasteiger charge is 2.06. The monoisotopic (exact) mass is 286 g/mol. The summed E-state index contributed by atoms with van der Waals surface area (Å²) in [5.74, 6) is 0.827. The van der Waals surface area contributed by atoms with Crippen molar-refractivity contribution >= 4 is 5.69 Å². The highest BCUT2D eigenvalue weighted by atomic mass is 16.6. The first kappa shape index (κ1) is 15.0. The molecule has 110 valence electrons. The molecule has 1 N–H and O–H groups in total. The number of non-ortho nitro benzene ring substituents is 1. The summed E-state index contributed by atoms with van der Waals surface area (Å²) in [5.41, 5.74) is 3.27. The quantitative estimate of drug-likeness (QED) is 0.654. The van der Waals surface area contributed by atoms with Crippen molar-refractivity contribution in [3.05, 3.63) is 69.3 Å². The van der Waals surface area contributed by atoms with E-state index in [1.165, 1.54) is 17.7 Å². The predicted octanol–water partition coefficient (Wildman–Crippen LogP) is 3.20. The van der Waals surface area contributed by atoms with Gasteiger partial charge >= 0.3 is 0 Å². The number of benzene rings is 2. The van der Waals surface area contributed by atoms with E-state index in [1.807, 2.05) is 26.1 Å². The minimum Gasteiger partial charge on any atom is -0.489 e. The summed E-state index contributed by atoms with van der Waals surface area (Å²) in [6.45, 7) is 3.16. The summed E-state index contributed by atoms with van der Waals surface area (Å²) in [4.78, 5) is 10.2. The maximum absolute atomic E-state index is 10.6. The second kappa shape index (κ2) is 6.85. The van der Waals surface area contributed by atoms with Crippen LogP contribution in [0, 0.1) is 17.0 Å². The van der Waals surface area contributed by atoms with E-state index < -0.39 is 4.92 Å². The molecular weight excluding hydrogens is 268 g/mol. The number of hydrogen-bond acceptors (Lipinski definition) is 4. The van der Waals surface area contributed by atoms with E-state index in [4.69, 9.17) is 4.74 Å². The van der Waals surface area contributed by atoms with Crippen LogP contribution < -0.4 is 10.1 Å². The van der Waals surface area contributed by atoms with Crippen LogP contribution in [0.15, 0.2) is 42.5 Å². The minimum absolute atomic E-state index is 0.0879. The Morgan fingerprint density at radius 2 is 1.90 bits per heavy atom. The second-order valence-corrected chi connectivity index (χ2v) is 4.85. The summed E-state index contributed by atoms with van der Waals surface area (Å²) >= 11 is 0. The Kier molecular flexibility index (Phi) is 4.90. The SMILES string of the molecule is CNCc1cc(C)ccc1OCc1ccc([N+](=O)[O-])cc1. The van der Waals surface area contributed by atoms with Crippen LogP contribution >= 0.6 is 0 Å². The molecule has 0 saturated heterocycles. The average molecular weight is 286 g/mol. The van der Waals surface area contributed by atoms with E-state index in [0.29, 0.717) is 6.61 Å². The molecule has 5 heteroatoms. The van der Waals surface area contributed by atoms with Gasteiger partial charge in [-0.2, -0.15) is 0 Å². The van der Waals surface area contributed by atoms with Crippen LogP contribution in [0.1, 0.15) is 16.7 Å². The molecule has 0 heterocycles. The Morgan fingerprint density at radius 1 is 1.19 bits per heavy atom. The van der Waals surface area contributed by atoms with Gasteiger partial charge in [-0.25, -0.2) is 0 Å². The Morgan fingerprint density at radius 3 is 2.52 bits per heavy atom. The molecule has 0 atom stereocenters. The number of nitro groups is 1. The normalized spacial score (nSPS) is 10.4. The largest absolute Gasteiger partial charge is 0.489 e. The zero-order valence-electron chi connectivity index (χ0n) is 12.1. The molecule has 0 fully saturated rings. The van der Waals surface area contributed by atoms with Gasteiger partial charge < -0.3 is 10.1 Å². The van der Waals surface area contributed by atoms with Crippen LogP contribution in [0.2, 0.25) is 0 Å². The lowest BCUT2D eigenvalue weighted by atomic mass is 10.1. The first-order valence-electron chi connectivity index (χ1n) is 6.70. The van der Waals surface area contributed by atoms with E-state index in [2.05, 4.69) is 11.4 Å². The molecule has 2 rings (SSSR count). The summed E-state index contributed by atoms with van der Waals surface area (Å²) in [6, 6.07) is 12.4. The van der Waals surface area contributed by atoms with Gasteiger partial charge in [-0.3, -0.25) is 10.1 Å². The highest BCUT2D eigenvalue weighted by molar-refractivity contribution is 5.37. The molecule has 0 bridgehead atoms. The average Bonchev–Trinajstić information content (AvgIpc) is 2.47. The Labute approximate surface area is 123 Å². The molecule has 21 heavy (non-hydrogen) atoms. The lowest BCUT2D eigenvalue weighted by Crippen LogP contribution is -2.08. The predicted molar refractivity (Wildman–Crippen MR) is 81.4 cm³/mol. The van der Waals surface area contributed by atoms with Crippen molar-refractivity contribution in [3.63, 3.8) is 0 Å².